The highest BCUT2D eigenvalue weighted by Crippen LogP contribution is 2.36. The summed E-state index contributed by atoms with van der Waals surface area (Å²) in [5, 5.41) is 0. The number of benzene rings is 3. The normalized spacial score (nSPS) is 21.9. The number of fused-ring (bicyclic) bond motifs is 3. The van der Waals surface area contributed by atoms with E-state index in [1.165, 1.54) is 18.2 Å². The number of ether oxygens (including phenoxy) is 2. The van der Waals surface area contributed by atoms with Gasteiger partial charge in [0.25, 0.3) is 0 Å². The van der Waals surface area contributed by atoms with Gasteiger partial charge >= 0.3 is 6.09 Å². The van der Waals surface area contributed by atoms with E-state index in [1.54, 1.807) is 0 Å². The average molecular weight is 544 g/mol. The SMILES string of the molecule is O=C(OC1C[N+]2(CCCOc3ccccc3)CCC1CC2)N(Cc1cc(F)c(F)c(F)c1)c1cccc(F)c1. The topological polar surface area (TPSA) is 38.8 Å². The van der Waals surface area contributed by atoms with Crippen molar-refractivity contribution in [2.45, 2.75) is 31.9 Å². The van der Waals surface area contributed by atoms with Crippen molar-refractivity contribution in [2.75, 3.05) is 37.7 Å². The van der Waals surface area contributed by atoms with Crippen LogP contribution in [0.3, 0.4) is 0 Å². The number of carbonyl (C=O) groups is 1. The first-order chi connectivity index (χ1) is 18.8. The van der Waals surface area contributed by atoms with Crippen LogP contribution in [-0.4, -0.2) is 49.5 Å². The highest BCUT2D eigenvalue weighted by molar-refractivity contribution is 5.87. The van der Waals surface area contributed by atoms with Crippen LogP contribution in [0.25, 0.3) is 0 Å². The molecule has 5 nitrogen and oxygen atoms in total. The van der Waals surface area contributed by atoms with E-state index < -0.39 is 29.4 Å². The molecule has 1 atom stereocenters. The summed E-state index contributed by atoms with van der Waals surface area (Å²) in [6.45, 7) is 3.85. The van der Waals surface area contributed by atoms with Gasteiger partial charge in [-0.1, -0.05) is 24.3 Å². The van der Waals surface area contributed by atoms with Crippen molar-refractivity contribution in [3.8, 4) is 5.75 Å². The summed E-state index contributed by atoms with van der Waals surface area (Å²) in [5.41, 5.74) is 0.191. The first kappa shape index (κ1) is 27.0. The maximum atomic E-state index is 14.0. The fraction of sp³-hybridized carbons (Fsp3) is 0.367. The number of hydrogen-bond donors (Lipinski definition) is 0. The molecule has 0 aromatic heterocycles. The highest BCUT2D eigenvalue weighted by atomic mass is 19.2. The largest absolute Gasteiger partial charge is 0.493 e. The molecule has 3 aliphatic heterocycles. The van der Waals surface area contributed by atoms with Crippen LogP contribution >= 0.6 is 0 Å². The first-order valence-electron chi connectivity index (χ1n) is 13.2. The van der Waals surface area contributed by atoms with Gasteiger partial charge in [0.05, 0.1) is 38.5 Å². The molecule has 3 aromatic rings. The van der Waals surface area contributed by atoms with Crippen LogP contribution in [0.4, 0.5) is 28.0 Å². The van der Waals surface area contributed by atoms with Gasteiger partial charge in [0, 0.05) is 25.2 Å². The molecule has 0 radical (unpaired) electrons. The molecular weight excluding hydrogens is 512 g/mol. The predicted octanol–water partition coefficient (Wildman–Crippen LogP) is 6.46. The third-order valence-corrected chi connectivity index (χ3v) is 7.81. The van der Waals surface area contributed by atoms with E-state index in [9.17, 15) is 22.4 Å². The lowest BCUT2D eigenvalue weighted by Crippen LogP contribution is -2.65. The minimum Gasteiger partial charge on any atom is -0.493 e. The number of nitrogens with zero attached hydrogens (tertiary/aromatic N) is 2. The van der Waals surface area contributed by atoms with Gasteiger partial charge in [-0.3, -0.25) is 4.90 Å². The second kappa shape index (κ2) is 11.7. The Bertz CT molecular complexity index is 1280. The smallest absolute Gasteiger partial charge is 0.415 e. The maximum Gasteiger partial charge on any atom is 0.415 e. The zero-order valence-corrected chi connectivity index (χ0v) is 21.5. The number of hydrogen-bond acceptors (Lipinski definition) is 3. The summed E-state index contributed by atoms with van der Waals surface area (Å²) in [6, 6.07) is 16.6. The van der Waals surface area contributed by atoms with E-state index in [0.29, 0.717) is 13.2 Å². The molecule has 206 valence electrons. The molecule has 3 heterocycles. The number of anilines is 1. The molecule has 3 fully saturated rings. The van der Waals surface area contributed by atoms with Crippen molar-refractivity contribution in [1.82, 2.24) is 0 Å². The van der Waals surface area contributed by atoms with Crippen molar-refractivity contribution in [3.63, 3.8) is 0 Å². The van der Waals surface area contributed by atoms with Crippen LogP contribution in [0.2, 0.25) is 0 Å². The van der Waals surface area contributed by atoms with Gasteiger partial charge in [-0.05, 0) is 48.0 Å². The van der Waals surface area contributed by atoms with E-state index in [1.807, 2.05) is 30.3 Å². The Morgan fingerprint density at radius 1 is 0.923 bits per heavy atom. The molecule has 0 aliphatic carbocycles. The molecule has 3 aliphatic rings. The second-order valence-corrected chi connectivity index (χ2v) is 10.4. The Hall–Kier alpha value is -3.59. The van der Waals surface area contributed by atoms with Crippen LogP contribution in [0.1, 0.15) is 24.8 Å². The van der Waals surface area contributed by atoms with E-state index in [-0.39, 0.29) is 29.8 Å². The van der Waals surface area contributed by atoms with Crippen molar-refractivity contribution in [1.29, 1.82) is 0 Å². The molecule has 0 spiro atoms. The Kier molecular flexibility index (Phi) is 8.07. The monoisotopic (exact) mass is 543 g/mol. The van der Waals surface area contributed by atoms with E-state index in [2.05, 4.69) is 0 Å². The van der Waals surface area contributed by atoms with Gasteiger partial charge in [0.2, 0.25) is 0 Å². The van der Waals surface area contributed by atoms with E-state index >= 15 is 0 Å². The van der Waals surface area contributed by atoms with Crippen LogP contribution in [-0.2, 0) is 11.3 Å². The fourth-order valence-corrected chi connectivity index (χ4v) is 5.76. The van der Waals surface area contributed by atoms with Crippen LogP contribution in [0.5, 0.6) is 5.75 Å². The summed E-state index contributed by atoms with van der Waals surface area (Å²) < 4.78 is 68.0. The van der Waals surface area contributed by atoms with Crippen LogP contribution in [0, 0.1) is 29.2 Å². The Balaban J connectivity index is 1.27. The Labute approximate surface area is 225 Å². The van der Waals surface area contributed by atoms with Gasteiger partial charge in [0.1, 0.15) is 18.1 Å². The van der Waals surface area contributed by atoms with Crippen molar-refractivity contribution >= 4 is 11.8 Å². The molecule has 6 rings (SSSR count). The van der Waals surface area contributed by atoms with Crippen molar-refractivity contribution in [2.24, 2.45) is 5.92 Å². The first-order valence-corrected chi connectivity index (χ1v) is 13.2. The van der Waals surface area contributed by atoms with Crippen molar-refractivity contribution in [3.05, 3.63) is 95.6 Å². The summed E-state index contributed by atoms with van der Waals surface area (Å²) in [6.07, 6.45) is 1.62. The zero-order valence-electron chi connectivity index (χ0n) is 21.5. The number of quaternary nitrogens is 1. The summed E-state index contributed by atoms with van der Waals surface area (Å²) in [5.74, 6) is -3.85. The molecule has 0 saturated carbocycles. The third kappa shape index (κ3) is 6.36. The third-order valence-electron chi connectivity index (χ3n) is 7.81. The quantitative estimate of drug-likeness (QED) is 0.135. The zero-order chi connectivity index (χ0) is 27.4. The van der Waals surface area contributed by atoms with Gasteiger partial charge in [-0.2, -0.15) is 0 Å². The Morgan fingerprint density at radius 3 is 2.33 bits per heavy atom. The highest BCUT2D eigenvalue weighted by Gasteiger charge is 2.47. The van der Waals surface area contributed by atoms with Crippen LogP contribution < -0.4 is 9.64 Å². The molecular formula is C30H31F4N2O3+. The lowest BCUT2D eigenvalue weighted by Gasteiger charge is -2.52. The molecule has 2 bridgehead atoms. The van der Waals surface area contributed by atoms with Gasteiger partial charge in [-0.15, -0.1) is 0 Å². The number of amides is 1. The van der Waals surface area contributed by atoms with Gasteiger partial charge in [0.15, 0.2) is 23.6 Å². The fourth-order valence-electron chi connectivity index (χ4n) is 5.76. The molecule has 3 saturated heterocycles. The molecule has 3 aromatic carbocycles. The number of piperidine rings is 3. The predicted molar refractivity (Wildman–Crippen MR) is 138 cm³/mol. The molecule has 39 heavy (non-hydrogen) atoms. The van der Waals surface area contributed by atoms with E-state index in [4.69, 9.17) is 9.47 Å². The molecule has 1 amide bonds. The van der Waals surface area contributed by atoms with Crippen LogP contribution in [0.15, 0.2) is 66.7 Å². The number of para-hydroxylation sites is 1. The minimum absolute atomic E-state index is 0.0171. The summed E-state index contributed by atoms with van der Waals surface area (Å²) in [7, 11) is 0. The molecule has 0 N–H and O–H groups in total. The maximum absolute atomic E-state index is 14.0. The number of rotatable bonds is 9. The number of halogens is 4. The van der Waals surface area contributed by atoms with Gasteiger partial charge < -0.3 is 14.0 Å². The lowest BCUT2D eigenvalue weighted by molar-refractivity contribution is -0.946. The second-order valence-electron chi connectivity index (χ2n) is 10.4. The standard InChI is InChI=1S/C30H31F4N2O3/c31-23-6-4-7-24(18-23)35(19-21-16-26(32)29(34)27(33)17-21)30(37)39-28-20-36(13-10-22(28)11-14-36)12-5-15-38-25-8-2-1-3-9-25/h1-4,6-9,16-18,22,28H,5,10-15,19-20H2/q+1. The summed E-state index contributed by atoms with van der Waals surface area (Å²) in [4.78, 5) is 14.6. The van der Waals surface area contributed by atoms with E-state index in [0.717, 1.165) is 72.2 Å². The summed E-state index contributed by atoms with van der Waals surface area (Å²) >= 11 is 0. The number of carbonyl (C=O) groups excluding carboxylic acids is 1. The lowest BCUT2D eigenvalue weighted by atomic mass is 9.83. The molecule has 9 heteroatoms. The minimum atomic E-state index is -1.59. The average Bonchev–Trinajstić information content (AvgIpc) is 2.94. The van der Waals surface area contributed by atoms with Gasteiger partial charge in [-0.25, -0.2) is 22.4 Å². The molecule has 1 unspecified atom stereocenters. The van der Waals surface area contributed by atoms with Crippen molar-refractivity contribution < 1.29 is 36.3 Å². The Morgan fingerprint density at radius 2 is 1.64 bits per heavy atom.